The van der Waals surface area contributed by atoms with Crippen molar-refractivity contribution < 1.29 is 0 Å². The highest BCUT2D eigenvalue weighted by atomic mass is 35.5. The third-order valence-electron chi connectivity index (χ3n) is 14.0. The van der Waals surface area contributed by atoms with E-state index >= 15 is 0 Å². The van der Waals surface area contributed by atoms with Crippen molar-refractivity contribution in [2.45, 2.75) is 11.2 Å². The zero-order valence-corrected chi connectivity index (χ0v) is 39.7. The molecule has 2 N–H and O–H groups in total. The van der Waals surface area contributed by atoms with E-state index in [0.717, 1.165) is 110 Å². The number of benzene rings is 11. The monoisotopic (exact) mass is 936 g/mol. The fourth-order valence-electron chi connectivity index (χ4n) is 10.5. The maximum absolute atomic E-state index is 6.77. The van der Waals surface area contributed by atoms with Crippen molar-refractivity contribution >= 4 is 50.4 Å². The Morgan fingerprint density at radius 3 is 1.24 bits per heavy atom. The van der Waals surface area contributed by atoms with Crippen molar-refractivity contribution in [2.75, 3.05) is 0 Å². The lowest BCUT2D eigenvalue weighted by Crippen LogP contribution is -2.64. The van der Waals surface area contributed by atoms with Gasteiger partial charge in [0.15, 0.2) is 0 Å². The van der Waals surface area contributed by atoms with Gasteiger partial charge in [-0.3, -0.25) is 5.32 Å². The van der Waals surface area contributed by atoms with Crippen molar-refractivity contribution in [3.63, 3.8) is 0 Å². The summed E-state index contributed by atoms with van der Waals surface area (Å²) in [6.45, 7) is 0. The molecular formula is C66H46Cl2N2. The van der Waals surface area contributed by atoms with Gasteiger partial charge in [-0.05, 0) is 113 Å². The Balaban J connectivity index is 1.12. The van der Waals surface area contributed by atoms with E-state index in [0.29, 0.717) is 0 Å². The molecule has 0 spiro atoms. The van der Waals surface area contributed by atoms with E-state index in [1.165, 1.54) is 0 Å². The maximum atomic E-state index is 6.77. The van der Waals surface area contributed by atoms with Crippen molar-refractivity contribution in [3.05, 3.63) is 305 Å². The molecule has 1 aliphatic rings. The molecule has 334 valence electrons. The van der Waals surface area contributed by atoms with Crippen LogP contribution < -0.4 is 10.6 Å². The first-order valence-corrected chi connectivity index (χ1v) is 24.5. The summed E-state index contributed by atoms with van der Waals surface area (Å²) in [5.41, 5.74) is 13.5. The molecular weight excluding hydrogens is 892 g/mol. The Morgan fingerprint density at radius 1 is 0.286 bits per heavy atom. The molecule has 4 heteroatoms. The summed E-state index contributed by atoms with van der Waals surface area (Å²) in [6.07, 6.45) is 2.40. The Labute approximate surface area is 419 Å². The van der Waals surface area contributed by atoms with Crippen LogP contribution in [-0.4, -0.2) is 0 Å². The quantitative estimate of drug-likeness (QED) is 0.151. The molecule has 2 nitrogen and oxygen atoms in total. The standard InChI is InChI=1S/C66H46Cl2N2/c67-62-40-38-56(58-26-10-12-28-60(58)62)47-30-32-49(33-31-47)64-44-65(54-24-14-20-50(42-54)45-16-4-1-5-17-45,52-36-34-48(35-37-52)57-39-41-63(68)61-29-13-11-27-59(57)61)70-66(69-64,53-22-8-3-9-23-53)55-25-15-21-51(43-55)46-18-6-2-7-19-46/h1-44,69-70H. The predicted molar refractivity (Wildman–Crippen MR) is 295 cm³/mol. The van der Waals surface area contributed by atoms with E-state index in [1.54, 1.807) is 0 Å². The van der Waals surface area contributed by atoms with E-state index in [9.17, 15) is 0 Å². The van der Waals surface area contributed by atoms with Gasteiger partial charge >= 0.3 is 0 Å². The van der Waals surface area contributed by atoms with Crippen molar-refractivity contribution in [1.82, 2.24) is 10.6 Å². The van der Waals surface area contributed by atoms with Crippen molar-refractivity contribution in [2.24, 2.45) is 0 Å². The van der Waals surface area contributed by atoms with Gasteiger partial charge in [0.2, 0.25) is 0 Å². The highest BCUT2D eigenvalue weighted by Gasteiger charge is 2.48. The minimum absolute atomic E-state index is 0.743. The molecule has 11 aromatic rings. The van der Waals surface area contributed by atoms with Gasteiger partial charge < -0.3 is 5.32 Å². The second-order valence-corrected chi connectivity index (χ2v) is 18.9. The first kappa shape index (κ1) is 43.3. The van der Waals surface area contributed by atoms with Crippen molar-refractivity contribution in [3.8, 4) is 44.5 Å². The van der Waals surface area contributed by atoms with Crippen LogP contribution in [0.4, 0.5) is 0 Å². The zero-order chi connectivity index (χ0) is 47.1. The summed E-state index contributed by atoms with van der Waals surface area (Å²) in [5, 5.41) is 14.5. The number of hydrogen-bond acceptors (Lipinski definition) is 2. The van der Waals surface area contributed by atoms with Crippen LogP contribution in [-0.2, 0) is 11.2 Å². The van der Waals surface area contributed by atoms with Gasteiger partial charge in [0.25, 0.3) is 0 Å². The van der Waals surface area contributed by atoms with Crippen LogP contribution in [0.3, 0.4) is 0 Å². The summed E-state index contributed by atoms with van der Waals surface area (Å²) in [6, 6.07) is 93.2. The minimum Gasteiger partial charge on any atom is -0.359 e. The van der Waals surface area contributed by atoms with Crippen LogP contribution in [0.15, 0.2) is 267 Å². The summed E-state index contributed by atoms with van der Waals surface area (Å²) >= 11 is 13.5. The fourth-order valence-corrected chi connectivity index (χ4v) is 11.0. The topological polar surface area (TPSA) is 24.1 Å². The van der Waals surface area contributed by atoms with Crippen molar-refractivity contribution in [1.29, 1.82) is 0 Å². The first-order chi connectivity index (χ1) is 34.5. The highest BCUT2D eigenvalue weighted by molar-refractivity contribution is 6.36. The van der Waals surface area contributed by atoms with Crippen LogP contribution >= 0.6 is 23.2 Å². The number of hydrogen-bond donors (Lipinski definition) is 2. The van der Waals surface area contributed by atoms with Gasteiger partial charge in [0.1, 0.15) is 5.66 Å². The lowest BCUT2D eigenvalue weighted by atomic mass is 9.74. The Kier molecular flexibility index (Phi) is 11.2. The van der Waals surface area contributed by atoms with Crippen LogP contribution in [0.1, 0.15) is 27.8 Å². The van der Waals surface area contributed by atoms with Crippen LogP contribution in [0.25, 0.3) is 71.7 Å². The van der Waals surface area contributed by atoms with Crippen LogP contribution in [0, 0.1) is 0 Å². The van der Waals surface area contributed by atoms with E-state index in [4.69, 9.17) is 23.2 Å². The molecule has 12 rings (SSSR count). The Morgan fingerprint density at radius 2 is 0.700 bits per heavy atom. The molecule has 0 aliphatic carbocycles. The van der Waals surface area contributed by atoms with E-state index in [1.807, 2.05) is 24.3 Å². The van der Waals surface area contributed by atoms with Gasteiger partial charge in [0, 0.05) is 26.5 Å². The third kappa shape index (κ3) is 7.77. The third-order valence-corrected chi connectivity index (χ3v) is 14.7. The van der Waals surface area contributed by atoms with Gasteiger partial charge in [-0.1, -0.05) is 260 Å². The molecule has 11 aromatic carbocycles. The smallest absolute Gasteiger partial charge is 0.142 e. The van der Waals surface area contributed by atoms with Gasteiger partial charge in [-0.2, -0.15) is 0 Å². The van der Waals surface area contributed by atoms with Gasteiger partial charge in [-0.15, -0.1) is 0 Å². The number of halogens is 2. The number of nitrogens with one attached hydrogen (secondary N) is 2. The molecule has 1 aliphatic heterocycles. The van der Waals surface area contributed by atoms with Crippen LogP contribution in [0.5, 0.6) is 0 Å². The predicted octanol–water partition coefficient (Wildman–Crippen LogP) is 17.3. The van der Waals surface area contributed by atoms with E-state index in [2.05, 4.69) is 253 Å². The number of rotatable bonds is 9. The van der Waals surface area contributed by atoms with E-state index < -0.39 is 11.2 Å². The molecule has 70 heavy (non-hydrogen) atoms. The molecule has 0 aromatic heterocycles. The average molecular weight is 938 g/mol. The second kappa shape index (κ2) is 18.2. The maximum Gasteiger partial charge on any atom is 0.142 e. The fraction of sp³-hybridized carbons (Fsp3) is 0.0303. The molecule has 0 fully saturated rings. The molecule has 0 amide bonds. The normalized spacial score (nSPS) is 16.7. The van der Waals surface area contributed by atoms with Gasteiger partial charge in [-0.25, -0.2) is 0 Å². The highest BCUT2D eigenvalue weighted by Crippen LogP contribution is 2.47. The zero-order valence-electron chi connectivity index (χ0n) is 38.2. The molecule has 1 heterocycles. The summed E-state index contributed by atoms with van der Waals surface area (Å²) < 4.78 is 0. The minimum atomic E-state index is -0.963. The Hall–Kier alpha value is -7.98. The van der Waals surface area contributed by atoms with E-state index in [-0.39, 0.29) is 0 Å². The molecule has 0 bridgehead atoms. The second-order valence-electron chi connectivity index (χ2n) is 18.1. The molecule has 2 atom stereocenters. The molecule has 0 saturated carbocycles. The summed E-state index contributed by atoms with van der Waals surface area (Å²) in [4.78, 5) is 0. The Bertz CT molecular complexity index is 3720. The summed E-state index contributed by atoms with van der Waals surface area (Å²) in [5.74, 6) is 0. The molecule has 0 saturated heterocycles. The molecule has 0 radical (unpaired) electrons. The van der Waals surface area contributed by atoms with Gasteiger partial charge in [0.05, 0.1) is 5.54 Å². The lowest BCUT2D eigenvalue weighted by molar-refractivity contribution is 0.274. The average Bonchev–Trinajstić information content (AvgIpc) is 3.44. The first-order valence-electron chi connectivity index (χ1n) is 23.7. The largest absolute Gasteiger partial charge is 0.359 e. The molecule has 2 unspecified atom stereocenters. The lowest BCUT2D eigenvalue weighted by Gasteiger charge is -2.50. The van der Waals surface area contributed by atoms with Crippen LogP contribution in [0.2, 0.25) is 10.0 Å². The number of fused-ring (bicyclic) bond motifs is 2. The SMILES string of the molecule is Clc1ccc(-c2ccc(C3=CC(c4ccc(-c5ccc(Cl)c6ccccc56)cc4)(c4cccc(-c5ccccc5)c4)NC(c4ccccc4)(c4cccc(-c5ccccc5)c4)N3)cc2)c2ccccc12. The summed E-state index contributed by atoms with van der Waals surface area (Å²) in [7, 11) is 0.